The van der Waals surface area contributed by atoms with Crippen molar-refractivity contribution >= 4 is 27.8 Å². The molecule has 1 rings (SSSR count). The van der Waals surface area contributed by atoms with E-state index >= 15 is 0 Å². The smallest absolute Gasteiger partial charge is 0.337 e. The molecule has 0 aliphatic heterocycles. The number of halogens is 1. The molecule has 0 aromatic heterocycles. The van der Waals surface area contributed by atoms with E-state index < -0.39 is 16.9 Å². The lowest BCUT2D eigenvalue weighted by molar-refractivity contribution is -0.159. The molecule has 1 amide bonds. The van der Waals surface area contributed by atoms with Crippen LogP contribution in [0.1, 0.15) is 53.5 Å². The molecule has 25 heavy (non-hydrogen) atoms. The first-order valence-corrected chi connectivity index (χ1v) is 9.12. The number of carbonyl (C=O) groups excluding carboxylic acids is 2. The molecule has 0 aliphatic carbocycles. The van der Waals surface area contributed by atoms with Crippen molar-refractivity contribution in [1.82, 2.24) is 5.32 Å². The Labute approximate surface area is 159 Å². The second-order valence-electron chi connectivity index (χ2n) is 7.70. The van der Waals surface area contributed by atoms with Gasteiger partial charge >= 0.3 is 5.97 Å². The van der Waals surface area contributed by atoms with E-state index in [1.165, 1.54) is 0 Å². The molecule has 0 saturated heterocycles. The molecule has 0 unspecified atom stereocenters. The molecule has 0 bridgehead atoms. The summed E-state index contributed by atoms with van der Waals surface area (Å²) in [4.78, 5) is 25.8. The second-order valence-corrected chi connectivity index (χ2v) is 8.62. The summed E-state index contributed by atoms with van der Waals surface area (Å²) in [6, 6.07) is 7.32. The van der Waals surface area contributed by atoms with Crippen molar-refractivity contribution in [1.29, 1.82) is 0 Å². The monoisotopic (exact) mass is 409 g/mol. The van der Waals surface area contributed by atoms with Gasteiger partial charge in [0.05, 0.1) is 6.10 Å². The van der Waals surface area contributed by atoms with Crippen molar-refractivity contribution < 1.29 is 14.3 Å². The molecule has 138 valence electrons. The summed E-state index contributed by atoms with van der Waals surface area (Å²) < 4.78 is 6.40. The Balaban J connectivity index is 3.51. The molecule has 1 aromatic rings. The Morgan fingerprint density at radius 2 is 1.72 bits per heavy atom. The molecule has 0 saturated carbocycles. The van der Waals surface area contributed by atoms with E-state index in [4.69, 9.17) is 4.74 Å². The van der Waals surface area contributed by atoms with Crippen LogP contribution in [0.3, 0.4) is 0 Å². The van der Waals surface area contributed by atoms with Gasteiger partial charge in [0.15, 0.2) is 5.54 Å². The Hall–Kier alpha value is -1.62. The van der Waals surface area contributed by atoms with Crippen LogP contribution in [-0.4, -0.2) is 18.0 Å². The Kier molecular flexibility index (Phi) is 7.00. The molecule has 0 heterocycles. The van der Waals surface area contributed by atoms with E-state index in [0.29, 0.717) is 5.56 Å². The van der Waals surface area contributed by atoms with Crippen molar-refractivity contribution in [3.63, 3.8) is 0 Å². The predicted molar refractivity (Wildman–Crippen MR) is 104 cm³/mol. The Morgan fingerprint density at radius 1 is 1.20 bits per heavy atom. The van der Waals surface area contributed by atoms with Gasteiger partial charge in [0.1, 0.15) is 0 Å². The first-order valence-electron chi connectivity index (χ1n) is 8.32. The number of carbonyl (C=O) groups is 2. The van der Waals surface area contributed by atoms with E-state index in [1.807, 2.05) is 52.0 Å². The van der Waals surface area contributed by atoms with Gasteiger partial charge in [-0.3, -0.25) is 4.79 Å². The van der Waals surface area contributed by atoms with Gasteiger partial charge in [0.2, 0.25) is 5.91 Å². The van der Waals surface area contributed by atoms with Crippen molar-refractivity contribution in [3.8, 4) is 0 Å². The fourth-order valence-corrected chi connectivity index (χ4v) is 2.61. The molecule has 1 aromatic carbocycles. The number of ether oxygens (including phenoxy) is 1. The molecule has 0 aliphatic rings. The van der Waals surface area contributed by atoms with Gasteiger partial charge in [-0.15, -0.1) is 6.58 Å². The predicted octanol–water partition coefficient (Wildman–Crippen LogP) is 4.72. The first-order chi connectivity index (χ1) is 11.4. The second kappa shape index (κ2) is 8.17. The number of benzene rings is 1. The number of hydrogen-bond donors (Lipinski definition) is 1. The summed E-state index contributed by atoms with van der Waals surface area (Å²) >= 11 is 3.40. The third-order valence-corrected chi connectivity index (χ3v) is 4.13. The van der Waals surface area contributed by atoms with Crippen LogP contribution in [0, 0.1) is 5.41 Å². The van der Waals surface area contributed by atoms with Crippen LogP contribution in [-0.2, 0) is 19.9 Å². The minimum atomic E-state index is -1.30. The van der Waals surface area contributed by atoms with Crippen LogP contribution >= 0.6 is 15.9 Å². The average Bonchev–Trinajstić information content (AvgIpc) is 2.44. The van der Waals surface area contributed by atoms with Gasteiger partial charge < -0.3 is 10.1 Å². The summed E-state index contributed by atoms with van der Waals surface area (Å²) in [7, 11) is 0. The van der Waals surface area contributed by atoms with Crippen molar-refractivity contribution in [2.75, 3.05) is 0 Å². The van der Waals surface area contributed by atoms with Gasteiger partial charge in [0.25, 0.3) is 0 Å². The number of nitrogens with one attached hydrogen (secondary N) is 1. The number of hydrogen-bond acceptors (Lipinski definition) is 3. The third kappa shape index (κ3) is 5.70. The minimum absolute atomic E-state index is 0.225. The minimum Gasteiger partial charge on any atom is -0.461 e. The molecule has 4 nitrogen and oxygen atoms in total. The standard InChI is InChI=1S/C20H28BrNO3/c1-13(2)12-20(18(24)25-14(3)4,22-17(23)19(5,6)7)15-8-10-16(21)11-9-15/h8-11,14H,1,12H2,2-7H3,(H,22,23)/t20-/m1/s1. The third-order valence-electron chi connectivity index (χ3n) is 3.60. The van der Waals surface area contributed by atoms with Crippen molar-refractivity contribution in [3.05, 3.63) is 46.5 Å². The first kappa shape index (κ1) is 21.4. The zero-order valence-electron chi connectivity index (χ0n) is 15.9. The normalized spacial score (nSPS) is 13.9. The zero-order valence-corrected chi connectivity index (χ0v) is 17.5. The zero-order chi connectivity index (χ0) is 19.4. The molecular weight excluding hydrogens is 382 g/mol. The van der Waals surface area contributed by atoms with Gasteiger partial charge in [-0.1, -0.05) is 54.4 Å². The maximum atomic E-state index is 13.1. The summed E-state index contributed by atoms with van der Waals surface area (Å²) in [5.74, 6) is -0.706. The van der Waals surface area contributed by atoms with Crippen LogP contribution in [0.5, 0.6) is 0 Å². The molecule has 0 radical (unpaired) electrons. The summed E-state index contributed by atoms with van der Waals surface area (Å²) in [5.41, 5.74) is -0.505. The van der Waals surface area contributed by atoms with Crippen molar-refractivity contribution in [2.45, 2.75) is 59.6 Å². The van der Waals surface area contributed by atoms with E-state index in [9.17, 15) is 9.59 Å². The highest BCUT2D eigenvalue weighted by Crippen LogP contribution is 2.33. The van der Waals surface area contributed by atoms with Gasteiger partial charge in [-0.05, 0) is 38.5 Å². The summed E-state index contributed by atoms with van der Waals surface area (Å²) in [6.45, 7) is 14.8. The lowest BCUT2D eigenvalue weighted by Gasteiger charge is -2.36. The van der Waals surface area contributed by atoms with Crippen LogP contribution < -0.4 is 5.32 Å². The Morgan fingerprint density at radius 3 is 2.12 bits per heavy atom. The number of amides is 1. The van der Waals surface area contributed by atoms with Crippen LogP contribution in [0.2, 0.25) is 0 Å². The molecule has 1 N–H and O–H groups in total. The van der Waals surface area contributed by atoms with Crippen LogP contribution in [0.4, 0.5) is 0 Å². The molecular formula is C20H28BrNO3. The van der Waals surface area contributed by atoms with Gasteiger partial charge in [-0.25, -0.2) is 4.79 Å². The maximum Gasteiger partial charge on any atom is 0.337 e. The lowest BCUT2D eigenvalue weighted by Crippen LogP contribution is -2.55. The fourth-order valence-electron chi connectivity index (χ4n) is 2.34. The van der Waals surface area contributed by atoms with E-state index in [-0.39, 0.29) is 18.4 Å². The largest absolute Gasteiger partial charge is 0.461 e. The fraction of sp³-hybridized carbons (Fsp3) is 0.500. The lowest BCUT2D eigenvalue weighted by atomic mass is 9.82. The highest BCUT2D eigenvalue weighted by molar-refractivity contribution is 9.10. The van der Waals surface area contributed by atoms with Gasteiger partial charge in [0, 0.05) is 16.3 Å². The van der Waals surface area contributed by atoms with Crippen LogP contribution in [0.15, 0.2) is 40.9 Å². The molecule has 1 atom stereocenters. The highest BCUT2D eigenvalue weighted by Gasteiger charge is 2.45. The topological polar surface area (TPSA) is 55.4 Å². The number of esters is 1. The quantitative estimate of drug-likeness (QED) is 0.545. The molecule has 5 heteroatoms. The molecule has 0 spiro atoms. The van der Waals surface area contributed by atoms with E-state index in [0.717, 1.165) is 10.0 Å². The SMILES string of the molecule is C=C(C)C[C@](NC(=O)C(C)(C)C)(C(=O)OC(C)C)c1ccc(Br)cc1. The Bertz CT molecular complexity index is 644. The highest BCUT2D eigenvalue weighted by atomic mass is 79.9. The van der Waals surface area contributed by atoms with E-state index in [1.54, 1.807) is 13.8 Å². The van der Waals surface area contributed by atoms with Gasteiger partial charge in [-0.2, -0.15) is 0 Å². The number of rotatable bonds is 6. The summed E-state index contributed by atoms with van der Waals surface area (Å²) in [5, 5.41) is 2.95. The van der Waals surface area contributed by atoms with Crippen LogP contribution in [0.25, 0.3) is 0 Å². The average molecular weight is 410 g/mol. The van der Waals surface area contributed by atoms with Crippen molar-refractivity contribution in [2.24, 2.45) is 5.41 Å². The molecule has 0 fully saturated rings. The maximum absolute atomic E-state index is 13.1. The summed E-state index contributed by atoms with van der Waals surface area (Å²) in [6.07, 6.45) is -0.0267. The van der Waals surface area contributed by atoms with E-state index in [2.05, 4.69) is 27.8 Å².